The molecule has 0 saturated heterocycles. The Kier molecular flexibility index (Phi) is 7.06. The van der Waals surface area contributed by atoms with Crippen LogP contribution in [0.5, 0.6) is 0 Å². The molecular formula is C13H18Cl2N2. The van der Waals surface area contributed by atoms with Crippen molar-refractivity contribution in [3.05, 3.63) is 29.3 Å². The van der Waals surface area contributed by atoms with E-state index in [-0.39, 0.29) is 24.8 Å². The van der Waals surface area contributed by atoms with Crippen LogP contribution in [0.25, 0.3) is 0 Å². The fraction of sp³-hybridized carbons (Fsp3) is 0.385. The number of hydrogen-bond donors (Lipinski definition) is 2. The molecule has 0 bridgehead atoms. The lowest BCUT2D eigenvalue weighted by atomic mass is 9.87. The lowest BCUT2D eigenvalue weighted by Crippen LogP contribution is -2.34. The first kappa shape index (κ1) is 16.1. The van der Waals surface area contributed by atoms with Crippen LogP contribution in [0.2, 0.25) is 0 Å². The van der Waals surface area contributed by atoms with Crippen molar-refractivity contribution in [3.63, 3.8) is 0 Å². The normalized spacial score (nSPS) is 17.0. The molecule has 1 unspecified atom stereocenters. The van der Waals surface area contributed by atoms with E-state index < -0.39 is 0 Å². The quantitative estimate of drug-likeness (QED) is 0.640. The molecule has 2 rings (SSSR count). The van der Waals surface area contributed by atoms with Gasteiger partial charge < -0.3 is 11.1 Å². The highest BCUT2D eigenvalue weighted by Gasteiger charge is 2.18. The number of nitrogens with one attached hydrogen (secondary N) is 1. The largest absolute Gasteiger partial charge is 0.398 e. The van der Waals surface area contributed by atoms with Gasteiger partial charge in [-0.15, -0.1) is 31.2 Å². The SMILES string of the molecule is C#CCNC1CCc2c(N)cccc2C1.Cl.Cl. The summed E-state index contributed by atoms with van der Waals surface area (Å²) < 4.78 is 0. The highest BCUT2D eigenvalue weighted by atomic mass is 35.5. The zero-order valence-corrected chi connectivity index (χ0v) is 11.2. The van der Waals surface area contributed by atoms with Crippen LogP contribution in [-0.2, 0) is 12.8 Å². The van der Waals surface area contributed by atoms with Crippen molar-refractivity contribution in [1.82, 2.24) is 5.32 Å². The second-order valence-electron chi connectivity index (χ2n) is 4.01. The highest BCUT2D eigenvalue weighted by Crippen LogP contribution is 2.25. The third kappa shape index (κ3) is 3.81. The molecule has 1 aliphatic rings. The maximum absolute atomic E-state index is 5.93. The molecule has 0 amide bonds. The van der Waals surface area contributed by atoms with Crippen LogP contribution in [0.3, 0.4) is 0 Å². The molecule has 0 aromatic heterocycles. The van der Waals surface area contributed by atoms with Crippen molar-refractivity contribution in [1.29, 1.82) is 0 Å². The Hall–Kier alpha value is -0.880. The summed E-state index contributed by atoms with van der Waals surface area (Å²) in [5.41, 5.74) is 9.57. The minimum Gasteiger partial charge on any atom is -0.398 e. The Labute approximate surface area is 115 Å². The van der Waals surface area contributed by atoms with E-state index in [1.54, 1.807) is 0 Å². The predicted molar refractivity (Wildman–Crippen MR) is 78.0 cm³/mol. The third-order valence-corrected chi connectivity index (χ3v) is 3.01. The first-order valence-electron chi connectivity index (χ1n) is 5.34. The number of nitrogens with two attached hydrogens (primary N) is 1. The smallest absolute Gasteiger partial charge is 0.0576 e. The maximum atomic E-state index is 5.93. The highest BCUT2D eigenvalue weighted by molar-refractivity contribution is 5.85. The Morgan fingerprint density at radius 1 is 1.41 bits per heavy atom. The molecule has 1 aliphatic carbocycles. The lowest BCUT2D eigenvalue weighted by molar-refractivity contribution is 0.483. The molecule has 1 aromatic carbocycles. The van der Waals surface area contributed by atoms with Crippen molar-refractivity contribution in [2.75, 3.05) is 12.3 Å². The minimum atomic E-state index is 0. The summed E-state index contributed by atoms with van der Waals surface area (Å²) in [5, 5.41) is 3.35. The number of nitrogen functional groups attached to an aromatic ring is 1. The van der Waals surface area contributed by atoms with Crippen molar-refractivity contribution in [2.24, 2.45) is 0 Å². The van der Waals surface area contributed by atoms with E-state index in [4.69, 9.17) is 12.2 Å². The molecule has 0 spiro atoms. The van der Waals surface area contributed by atoms with Gasteiger partial charge in [-0.05, 0) is 36.5 Å². The van der Waals surface area contributed by atoms with Gasteiger partial charge in [0, 0.05) is 11.7 Å². The average Bonchev–Trinajstić information content (AvgIpc) is 2.26. The molecule has 0 aliphatic heterocycles. The second kappa shape index (κ2) is 7.45. The Morgan fingerprint density at radius 3 is 2.88 bits per heavy atom. The van der Waals surface area contributed by atoms with Gasteiger partial charge in [0.1, 0.15) is 0 Å². The fourth-order valence-corrected chi connectivity index (χ4v) is 2.21. The summed E-state index contributed by atoms with van der Waals surface area (Å²) in [6.07, 6.45) is 8.46. The van der Waals surface area contributed by atoms with Gasteiger partial charge in [-0.3, -0.25) is 0 Å². The number of halogens is 2. The molecule has 0 heterocycles. The summed E-state index contributed by atoms with van der Waals surface area (Å²) in [4.78, 5) is 0. The zero-order chi connectivity index (χ0) is 10.7. The van der Waals surface area contributed by atoms with Crippen LogP contribution >= 0.6 is 24.8 Å². The summed E-state index contributed by atoms with van der Waals surface area (Å²) in [5.74, 6) is 2.61. The van der Waals surface area contributed by atoms with Crippen molar-refractivity contribution in [3.8, 4) is 12.3 Å². The maximum Gasteiger partial charge on any atom is 0.0576 e. The topological polar surface area (TPSA) is 38.0 Å². The third-order valence-electron chi connectivity index (χ3n) is 3.01. The Bertz CT molecular complexity index is 399. The van der Waals surface area contributed by atoms with Crippen molar-refractivity contribution >= 4 is 30.5 Å². The standard InChI is InChI=1S/C13H16N2.2ClH/c1-2-8-15-11-6-7-12-10(9-11)4-3-5-13(12)14;;/h1,3-5,11,15H,6-9,14H2;2*1H. The number of anilines is 1. The number of terminal acetylenes is 1. The number of fused-ring (bicyclic) bond motifs is 1. The summed E-state index contributed by atoms with van der Waals surface area (Å²) in [6, 6.07) is 6.68. The van der Waals surface area contributed by atoms with E-state index in [0.717, 1.165) is 24.9 Å². The minimum absolute atomic E-state index is 0. The first-order valence-corrected chi connectivity index (χ1v) is 5.34. The fourth-order valence-electron chi connectivity index (χ4n) is 2.21. The van der Waals surface area contributed by atoms with E-state index in [9.17, 15) is 0 Å². The van der Waals surface area contributed by atoms with E-state index in [0.29, 0.717) is 12.6 Å². The van der Waals surface area contributed by atoms with Crippen LogP contribution in [0.4, 0.5) is 5.69 Å². The van der Waals surface area contributed by atoms with Gasteiger partial charge in [-0.1, -0.05) is 18.1 Å². The molecule has 0 saturated carbocycles. The van der Waals surface area contributed by atoms with Crippen molar-refractivity contribution < 1.29 is 0 Å². The Morgan fingerprint density at radius 2 is 2.18 bits per heavy atom. The van der Waals surface area contributed by atoms with Gasteiger partial charge in [-0.2, -0.15) is 0 Å². The van der Waals surface area contributed by atoms with E-state index in [2.05, 4.69) is 17.3 Å². The first-order chi connectivity index (χ1) is 7.31. The monoisotopic (exact) mass is 272 g/mol. The van der Waals surface area contributed by atoms with E-state index in [1.807, 2.05) is 12.1 Å². The molecule has 4 heteroatoms. The molecule has 3 N–H and O–H groups in total. The predicted octanol–water partition coefficient (Wildman–Crippen LogP) is 2.19. The van der Waals surface area contributed by atoms with E-state index in [1.165, 1.54) is 11.1 Å². The van der Waals surface area contributed by atoms with Crippen LogP contribution in [0.1, 0.15) is 17.5 Å². The summed E-state index contributed by atoms with van der Waals surface area (Å²) in [6.45, 7) is 0.655. The second-order valence-corrected chi connectivity index (χ2v) is 4.01. The van der Waals surface area contributed by atoms with Gasteiger partial charge in [0.05, 0.1) is 6.54 Å². The summed E-state index contributed by atoms with van der Waals surface area (Å²) in [7, 11) is 0. The molecule has 0 radical (unpaired) electrons. The molecule has 1 atom stereocenters. The molecule has 0 fully saturated rings. The van der Waals surface area contributed by atoms with Crippen molar-refractivity contribution in [2.45, 2.75) is 25.3 Å². The number of benzene rings is 1. The van der Waals surface area contributed by atoms with Crippen LogP contribution in [0.15, 0.2) is 18.2 Å². The van der Waals surface area contributed by atoms with Gasteiger partial charge in [0.2, 0.25) is 0 Å². The lowest BCUT2D eigenvalue weighted by Gasteiger charge is -2.25. The molecule has 17 heavy (non-hydrogen) atoms. The molecule has 2 nitrogen and oxygen atoms in total. The van der Waals surface area contributed by atoms with Crippen LogP contribution < -0.4 is 11.1 Å². The summed E-state index contributed by atoms with van der Waals surface area (Å²) >= 11 is 0. The van der Waals surface area contributed by atoms with E-state index >= 15 is 0 Å². The van der Waals surface area contributed by atoms with Gasteiger partial charge in [0.15, 0.2) is 0 Å². The van der Waals surface area contributed by atoms with Gasteiger partial charge in [0.25, 0.3) is 0 Å². The van der Waals surface area contributed by atoms with Gasteiger partial charge >= 0.3 is 0 Å². The molecular weight excluding hydrogens is 255 g/mol. The molecule has 94 valence electrons. The van der Waals surface area contributed by atoms with Crippen LogP contribution in [-0.4, -0.2) is 12.6 Å². The zero-order valence-electron chi connectivity index (χ0n) is 9.61. The number of rotatable bonds is 2. The van der Waals surface area contributed by atoms with Crippen LogP contribution in [0, 0.1) is 12.3 Å². The molecule has 1 aromatic rings. The van der Waals surface area contributed by atoms with Gasteiger partial charge in [-0.25, -0.2) is 0 Å². The average molecular weight is 273 g/mol. The Balaban J connectivity index is 0.00000128. The number of hydrogen-bond acceptors (Lipinski definition) is 2.